The molecule has 3 N–H and O–H groups in total. The van der Waals surface area contributed by atoms with E-state index in [1.807, 2.05) is 6.92 Å². The number of benzene rings is 1. The predicted molar refractivity (Wildman–Crippen MR) is 71.8 cm³/mol. The Balaban J connectivity index is 2.17. The molecule has 102 valence electrons. The summed E-state index contributed by atoms with van der Waals surface area (Å²) in [6.07, 6.45) is 3.00. The van der Waals surface area contributed by atoms with Gasteiger partial charge in [0.25, 0.3) is 0 Å². The van der Waals surface area contributed by atoms with Crippen molar-refractivity contribution in [1.82, 2.24) is 4.72 Å². The fourth-order valence-electron chi connectivity index (χ4n) is 1.62. The van der Waals surface area contributed by atoms with Gasteiger partial charge in [-0.3, -0.25) is 0 Å². The first kappa shape index (κ1) is 13.8. The van der Waals surface area contributed by atoms with Crippen LogP contribution in [0.25, 0.3) is 0 Å². The summed E-state index contributed by atoms with van der Waals surface area (Å²) in [6.45, 7) is 2.01. The third kappa shape index (κ3) is 3.44. The van der Waals surface area contributed by atoms with E-state index in [4.69, 9.17) is 10.2 Å². The second-order valence-corrected chi connectivity index (χ2v) is 6.08. The van der Waals surface area contributed by atoms with Crippen molar-refractivity contribution in [3.05, 3.63) is 54.0 Å². The van der Waals surface area contributed by atoms with E-state index in [1.165, 1.54) is 12.5 Å². The van der Waals surface area contributed by atoms with E-state index in [0.29, 0.717) is 0 Å². The summed E-state index contributed by atoms with van der Waals surface area (Å²) in [5.74, 6) is 0. The highest BCUT2D eigenvalue weighted by Gasteiger charge is 2.15. The lowest BCUT2D eigenvalue weighted by molar-refractivity contribution is 0.561. The van der Waals surface area contributed by atoms with Gasteiger partial charge in [-0.25, -0.2) is 13.1 Å². The van der Waals surface area contributed by atoms with Crippen LogP contribution in [0.3, 0.4) is 0 Å². The fraction of sp³-hybridized carbons (Fsp3) is 0.231. The summed E-state index contributed by atoms with van der Waals surface area (Å²) in [5, 5.41) is 0. The molecular weight excluding hydrogens is 264 g/mol. The van der Waals surface area contributed by atoms with Crippen LogP contribution in [0.2, 0.25) is 0 Å². The summed E-state index contributed by atoms with van der Waals surface area (Å²) in [7, 11) is -3.54. The first-order valence-electron chi connectivity index (χ1n) is 5.85. The second kappa shape index (κ2) is 5.56. The van der Waals surface area contributed by atoms with Gasteiger partial charge in [0.05, 0.1) is 17.4 Å². The predicted octanol–water partition coefficient (Wildman–Crippen LogP) is 1.78. The highest BCUT2D eigenvalue weighted by Crippen LogP contribution is 2.16. The van der Waals surface area contributed by atoms with Crippen LogP contribution in [0, 0.1) is 0 Å². The van der Waals surface area contributed by atoms with Crippen LogP contribution in [0.15, 0.2) is 52.2 Å². The molecule has 19 heavy (non-hydrogen) atoms. The summed E-state index contributed by atoms with van der Waals surface area (Å²) in [6, 6.07) is 8.13. The SMILES string of the molecule is CC(N)c1cccc(S(=O)(=O)NCc2ccoc2)c1. The lowest BCUT2D eigenvalue weighted by Gasteiger charge is -2.09. The monoisotopic (exact) mass is 280 g/mol. The third-order valence-corrected chi connectivity index (χ3v) is 4.14. The average Bonchev–Trinajstić information content (AvgIpc) is 2.90. The molecule has 0 aliphatic rings. The smallest absolute Gasteiger partial charge is 0.240 e. The minimum absolute atomic E-state index is 0.196. The molecule has 0 amide bonds. The molecule has 5 nitrogen and oxygen atoms in total. The molecule has 0 bridgehead atoms. The van der Waals surface area contributed by atoms with Crippen molar-refractivity contribution in [3.8, 4) is 0 Å². The number of sulfonamides is 1. The maximum absolute atomic E-state index is 12.1. The van der Waals surface area contributed by atoms with Crippen molar-refractivity contribution in [1.29, 1.82) is 0 Å². The molecule has 0 aliphatic carbocycles. The molecule has 1 aromatic heterocycles. The van der Waals surface area contributed by atoms with E-state index in [1.54, 1.807) is 30.3 Å². The second-order valence-electron chi connectivity index (χ2n) is 4.32. The van der Waals surface area contributed by atoms with Gasteiger partial charge in [0, 0.05) is 18.2 Å². The van der Waals surface area contributed by atoms with Gasteiger partial charge in [0.1, 0.15) is 0 Å². The van der Waals surface area contributed by atoms with E-state index >= 15 is 0 Å². The number of hydrogen-bond acceptors (Lipinski definition) is 4. The number of nitrogens with two attached hydrogens (primary N) is 1. The molecule has 2 aromatic rings. The number of furan rings is 1. The Kier molecular flexibility index (Phi) is 4.04. The van der Waals surface area contributed by atoms with Gasteiger partial charge in [0.2, 0.25) is 10.0 Å². The maximum Gasteiger partial charge on any atom is 0.240 e. The topological polar surface area (TPSA) is 85.3 Å². The van der Waals surface area contributed by atoms with Gasteiger partial charge >= 0.3 is 0 Å². The van der Waals surface area contributed by atoms with Gasteiger partial charge in [0.15, 0.2) is 0 Å². The Bertz CT molecular complexity index is 634. The standard InChI is InChI=1S/C13H16N2O3S/c1-10(14)12-3-2-4-13(7-12)19(16,17)15-8-11-5-6-18-9-11/h2-7,9-10,15H,8,14H2,1H3. The Labute approximate surface area is 112 Å². The molecule has 0 radical (unpaired) electrons. The molecule has 1 heterocycles. The van der Waals surface area contributed by atoms with Crippen molar-refractivity contribution in [2.75, 3.05) is 0 Å². The highest BCUT2D eigenvalue weighted by atomic mass is 32.2. The van der Waals surface area contributed by atoms with Crippen LogP contribution < -0.4 is 10.5 Å². The van der Waals surface area contributed by atoms with Crippen LogP contribution in [0.4, 0.5) is 0 Å². The van der Waals surface area contributed by atoms with E-state index in [2.05, 4.69) is 4.72 Å². The van der Waals surface area contributed by atoms with Crippen LogP contribution in [0.1, 0.15) is 24.1 Å². The van der Waals surface area contributed by atoms with Gasteiger partial charge < -0.3 is 10.2 Å². The Hall–Kier alpha value is -1.63. The number of nitrogens with one attached hydrogen (secondary N) is 1. The first-order valence-corrected chi connectivity index (χ1v) is 7.33. The zero-order valence-corrected chi connectivity index (χ0v) is 11.4. The third-order valence-electron chi connectivity index (χ3n) is 2.74. The zero-order valence-electron chi connectivity index (χ0n) is 10.5. The van der Waals surface area contributed by atoms with Crippen molar-refractivity contribution in [2.24, 2.45) is 5.73 Å². The maximum atomic E-state index is 12.1. The summed E-state index contributed by atoms with van der Waals surface area (Å²) < 4.78 is 31.6. The molecule has 1 atom stereocenters. The van der Waals surface area contributed by atoms with Crippen LogP contribution >= 0.6 is 0 Å². The summed E-state index contributed by atoms with van der Waals surface area (Å²) in [4.78, 5) is 0.214. The summed E-state index contributed by atoms with van der Waals surface area (Å²) >= 11 is 0. The number of rotatable bonds is 5. The van der Waals surface area contributed by atoms with Crippen molar-refractivity contribution in [3.63, 3.8) is 0 Å². The van der Waals surface area contributed by atoms with E-state index in [-0.39, 0.29) is 17.5 Å². The molecular formula is C13H16N2O3S. The molecule has 0 saturated carbocycles. The molecule has 0 saturated heterocycles. The van der Waals surface area contributed by atoms with Crippen molar-refractivity contribution >= 4 is 10.0 Å². The molecule has 0 fully saturated rings. The van der Waals surface area contributed by atoms with E-state index in [9.17, 15) is 8.42 Å². The lowest BCUT2D eigenvalue weighted by atomic mass is 10.1. The molecule has 1 aromatic carbocycles. The van der Waals surface area contributed by atoms with Gasteiger partial charge in [-0.2, -0.15) is 0 Å². The lowest BCUT2D eigenvalue weighted by Crippen LogP contribution is -2.23. The van der Waals surface area contributed by atoms with E-state index in [0.717, 1.165) is 11.1 Å². The Morgan fingerprint density at radius 3 is 2.79 bits per heavy atom. The van der Waals surface area contributed by atoms with Gasteiger partial charge in [-0.05, 0) is 30.7 Å². The zero-order chi connectivity index (χ0) is 13.9. The van der Waals surface area contributed by atoms with Gasteiger partial charge in [-0.15, -0.1) is 0 Å². The molecule has 1 unspecified atom stereocenters. The summed E-state index contributed by atoms with van der Waals surface area (Å²) in [5.41, 5.74) is 7.30. The van der Waals surface area contributed by atoms with Crippen LogP contribution in [-0.2, 0) is 16.6 Å². The minimum atomic E-state index is -3.54. The molecule has 0 spiro atoms. The average molecular weight is 280 g/mol. The normalized spacial score (nSPS) is 13.4. The largest absolute Gasteiger partial charge is 0.472 e. The molecule has 6 heteroatoms. The fourth-order valence-corrected chi connectivity index (χ4v) is 2.69. The van der Waals surface area contributed by atoms with Crippen molar-refractivity contribution < 1.29 is 12.8 Å². The molecule has 0 aliphatic heterocycles. The van der Waals surface area contributed by atoms with Crippen molar-refractivity contribution in [2.45, 2.75) is 24.4 Å². The Morgan fingerprint density at radius 1 is 1.37 bits per heavy atom. The van der Waals surface area contributed by atoms with E-state index < -0.39 is 10.0 Å². The first-order chi connectivity index (χ1) is 8.99. The number of hydrogen-bond donors (Lipinski definition) is 2. The van der Waals surface area contributed by atoms with Crippen LogP contribution in [0.5, 0.6) is 0 Å². The highest BCUT2D eigenvalue weighted by molar-refractivity contribution is 7.89. The molecule has 2 rings (SSSR count). The van der Waals surface area contributed by atoms with Gasteiger partial charge in [-0.1, -0.05) is 12.1 Å². The Morgan fingerprint density at radius 2 is 2.16 bits per heavy atom. The quantitative estimate of drug-likeness (QED) is 0.874. The minimum Gasteiger partial charge on any atom is -0.472 e. The van der Waals surface area contributed by atoms with Crippen LogP contribution in [-0.4, -0.2) is 8.42 Å².